The molecule has 5 rings (SSSR count). The minimum Gasteiger partial charge on any atom is -0.503 e. The number of benzene rings is 2. The maximum absolute atomic E-state index is 14.0. The molecule has 2 aromatic carbocycles. The highest BCUT2D eigenvalue weighted by Crippen LogP contribution is 2.45. The first-order chi connectivity index (χ1) is 19.8. The number of anilines is 1. The molecule has 1 aliphatic rings. The van der Waals surface area contributed by atoms with Gasteiger partial charge in [-0.25, -0.2) is 9.78 Å². The van der Waals surface area contributed by atoms with Crippen LogP contribution in [-0.2, 0) is 9.53 Å². The van der Waals surface area contributed by atoms with E-state index in [1.54, 1.807) is 49.4 Å². The van der Waals surface area contributed by atoms with Gasteiger partial charge in [0.2, 0.25) is 5.78 Å². The molecule has 0 bridgehead atoms. The Balaban J connectivity index is 1.63. The van der Waals surface area contributed by atoms with E-state index >= 15 is 0 Å². The van der Waals surface area contributed by atoms with Crippen LogP contribution in [0.1, 0.15) is 57.3 Å². The quantitative estimate of drug-likeness (QED) is 0.138. The third kappa shape index (κ3) is 5.04. The summed E-state index contributed by atoms with van der Waals surface area (Å²) in [6, 6.07) is 12.7. The van der Waals surface area contributed by atoms with Gasteiger partial charge in [0, 0.05) is 5.39 Å². The van der Waals surface area contributed by atoms with Crippen LogP contribution in [0.5, 0.6) is 11.5 Å². The predicted molar refractivity (Wildman–Crippen MR) is 152 cm³/mol. The van der Waals surface area contributed by atoms with Crippen LogP contribution in [0.3, 0.4) is 0 Å². The second-order valence-corrected chi connectivity index (χ2v) is 10.3. The Hall–Kier alpha value is -4.64. The Morgan fingerprint density at radius 2 is 1.93 bits per heavy atom. The molecule has 212 valence electrons. The molecule has 0 spiro atoms. The minimum absolute atomic E-state index is 0.0772. The fourth-order valence-corrected chi connectivity index (χ4v) is 5.68. The second-order valence-electron chi connectivity index (χ2n) is 9.34. The first-order valence-corrected chi connectivity index (χ1v) is 13.8. The number of aliphatic hydroxyl groups excluding tert-OH is 1. The fraction of sp³-hybridized carbons (Fsp3) is 0.267. The van der Waals surface area contributed by atoms with Crippen molar-refractivity contribution in [2.75, 3.05) is 25.7 Å². The number of furan rings is 1. The SMILES string of the molecule is CCCCOc1cccc(C2C(C(=O)c3cc4cccc(OC)c4o3)=C(O)C(=O)N2c2nc(C)c(C(=O)OC)s2)c1. The van der Waals surface area contributed by atoms with Gasteiger partial charge in [-0.15, -0.1) is 0 Å². The lowest BCUT2D eigenvalue weighted by atomic mass is 9.95. The minimum atomic E-state index is -1.09. The van der Waals surface area contributed by atoms with E-state index in [9.17, 15) is 19.5 Å². The molecular weight excluding hydrogens is 548 g/mol. The predicted octanol–water partition coefficient (Wildman–Crippen LogP) is 5.95. The molecule has 3 heterocycles. The number of ether oxygens (including phenoxy) is 3. The first-order valence-electron chi connectivity index (χ1n) is 12.9. The van der Waals surface area contributed by atoms with Crippen molar-refractivity contribution in [3.8, 4) is 11.5 Å². The Labute approximate surface area is 239 Å². The number of amides is 1. The van der Waals surface area contributed by atoms with Crippen molar-refractivity contribution in [1.29, 1.82) is 0 Å². The Kier molecular flexibility index (Phi) is 7.80. The lowest BCUT2D eigenvalue weighted by molar-refractivity contribution is -0.117. The molecule has 1 amide bonds. The number of hydrogen-bond donors (Lipinski definition) is 1. The van der Waals surface area contributed by atoms with Gasteiger partial charge < -0.3 is 23.7 Å². The van der Waals surface area contributed by atoms with Crippen LogP contribution < -0.4 is 14.4 Å². The molecule has 0 aliphatic carbocycles. The number of para-hydroxylation sites is 1. The van der Waals surface area contributed by atoms with Gasteiger partial charge in [0.25, 0.3) is 5.91 Å². The van der Waals surface area contributed by atoms with Crippen molar-refractivity contribution < 1.29 is 38.1 Å². The zero-order valence-corrected chi connectivity index (χ0v) is 23.7. The third-order valence-electron chi connectivity index (χ3n) is 6.71. The largest absolute Gasteiger partial charge is 0.503 e. The fourth-order valence-electron chi connectivity index (χ4n) is 4.67. The monoisotopic (exact) mass is 576 g/mol. The molecule has 1 N–H and O–H groups in total. The van der Waals surface area contributed by atoms with Gasteiger partial charge in [0.15, 0.2) is 28.0 Å². The van der Waals surface area contributed by atoms with Crippen LogP contribution in [0.25, 0.3) is 11.0 Å². The summed E-state index contributed by atoms with van der Waals surface area (Å²) in [5.41, 5.74) is 1.02. The second kappa shape index (κ2) is 11.5. The van der Waals surface area contributed by atoms with E-state index in [0.29, 0.717) is 40.3 Å². The summed E-state index contributed by atoms with van der Waals surface area (Å²) in [5.74, 6) is -1.96. The van der Waals surface area contributed by atoms with Crippen molar-refractivity contribution in [1.82, 2.24) is 4.98 Å². The number of carbonyl (C=O) groups is 3. The highest BCUT2D eigenvalue weighted by atomic mass is 32.1. The smallest absolute Gasteiger partial charge is 0.350 e. The number of aromatic nitrogens is 1. The summed E-state index contributed by atoms with van der Waals surface area (Å²) in [6.45, 7) is 4.17. The van der Waals surface area contributed by atoms with Gasteiger partial charge in [-0.1, -0.05) is 48.9 Å². The molecule has 0 saturated carbocycles. The molecule has 1 unspecified atom stereocenters. The number of unbranched alkanes of at least 4 members (excludes halogenated alkanes) is 1. The molecule has 11 heteroatoms. The van der Waals surface area contributed by atoms with E-state index < -0.39 is 29.5 Å². The Morgan fingerprint density at radius 3 is 2.66 bits per heavy atom. The van der Waals surface area contributed by atoms with Gasteiger partial charge >= 0.3 is 5.97 Å². The van der Waals surface area contributed by atoms with Gasteiger partial charge in [-0.2, -0.15) is 0 Å². The lowest BCUT2D eigenvalue weighted by Crippen LogP contribution is -2.31. The van der Waals surface area contributed by atoms with Gasteiger partial charge in [-0.3, -0.25) is 14.5 Å². The highest BCUT2D eigenvalue weighted by Gasteiger charge is 2.47. The van der Waals surface area contributed by atoms with Crippen molar-refractivity contribution in [2.24, 2.45) is 0 Å². The van der Waals surface area contributed by atoms with Gasteiger partial charge in [-0.05, 0) is 43.2 Å². The van der Waals surface area contributed by atoms with Crippen LogP contribution in [-0.4, -0.2) is 48.6 Å². The molecule has 1 aliphatic heterocycles. The average Bonchev–Trinajstić information content (AvgIpc) is 3.66. The number of aryl methyl sites for hydroxylation is 1. The summed E-state index contributed by atoms with van der Waals surface area (Å²) >= 11 is 0.932. The molecular formula is C30H28N2O8S. The molecule has 1 atom stereocenters. The summed E-state index contributed by atoms with van der Waals surface area (Å²) < 4.78 is 22.0. The van der Waals surface area contributed by atoms with E-state index in [0.717, 1.165) is 24.2 Å². The van der Waals surface area contributed by atoms with Gasteiger partial charge in [0.05, 0.1) is 38.1 Å². The number of nitrogens with zero attached hydrogens (tertiary/aromatic N) is 2. The Bertz CT molecular complexity index is 1680. The molecule has 41 heavy (non-hydrogen) atoms. The molecule has 0 saturated heterocycles. The van der Waals surface area contributed by atoms with Crippen molar-refractivity contribution >= 4 is 45.1 Å². The third-order valence-corrected chi connectivity index (χ3v) is 7.84. The van der Waals surface area contributed by atoms with Crippen LogP contribution >= 0.6 is 11.3 Å². The van der Waals surface area contributed by atoms with E-state index in [1.165, 1.54) is 25.2 Å². The summed E-state index contributed by atoms with van der Waals surface area (Å²) in [4.78, 5) is 45.8. The molecule has 4 aromatic rings. The van der Waals surface area contributed by atoms with Crippen LogP contribution in [0, 0.1) is 6.92 Å². The van der Waals surface area contributed by atoms with Crippen molar-refractivity contribution in [2.45, 2.75) is 32.7 Å². The molecule has 10 nitrogen and oxygen atoms in total. The maximum atomic E-state index is 14.0. The number of aliphatic hydroxyl groups is 1. The average molecular weight is 577 g/mol. The van der Waals surface area contributed by atoms with E-state index in [2.05, 4.69) is 11.9 Å². The zero-order valence-electron chi connectivity index (χ0n) is 22.9. The summed E-state index contributed by atoms with van der Waals surface area (Å²) in [5, 5.41) is 11.9. The number of hydrogen-bond acceptors (Lipinski definition) is 10. The van der Waals surface area contributed by atoms with Crippen molar-refractivity contribution in [3.05, 3.63) is 81.8 Å². The molecule has 2 aromatic heterocycles. The highest BCUT2D eigenvalue weighted by molar-refractivity contribution is 7.17. The number of methoxy groups -OCH3 is 2. The number of ketones is 1. The molecule has 0 radical (unpaired) electrons. The maximum Gasteiger partial charge on any atom is 0.350 e. The summed E-state index contributed by atoms with van der Waals surface area (Å²) in [7, 11) is 2.74. The Morgan fingerprint density at radius 1 is 1.15 bits per heavy atom. The van der Waals surface area contributed by atoms with Gasteiger partial charge in [0.1, 0.15) is 10.6 Å². The van der Waals surface area contributed by atoms with Crippen LogP contribution in [0.2, 0.25) is 0 Å². The number of rotatable bonds is 10. The lowest BCUT2D eigenvalue weighted by Gasteiger charge is -2.24. The number of carbonyl (C=O) groups excluding carboxylic acids is 3. The van der Waals surface area contributed by atoms with E-state index in [-0.39, 0.29) is 21.3 Å². The van der Waals surface area contributed by atoms with Crippen LogP contribution in [0.15, 0.2) is 64.3 Å². The first kappa shape index (κ1) is 27.9. The normalized spacial score (nSPS) is 15.1. The summed E-state index contributed by atoms with van der Waals surface area (Å²) in [6.07, 6.45) is 1.81. The topological polar surface area (TPSA) is 128 Å². The van der Waals surface area contributed by atoms with Crippen molar-refractivity contribution in [3.63, 3.8) is 0 Å². The molecule has 0 fully saturated rings. The van der Waals surface area contributed by atoms with E-state index in [4.69, 9.17) is 18.6 Å². The standard InChI is InChI=1S/C30H28N2O8S/c1-5-6-13-39-19-11-7-9-17(14-19)23-22(24(33)21-15-18-10-8-12-20(37-3)26(18)40-21)25(34)28(35)32(23)30-31-16(2)27(41-30)29(36)38-4/h7-12,14-15,23,34H,5-6,13H2,1-4H3. The number of fused-ring (bicyclic) bond motifs is 1. The number of esters is 1. The van der Waals surface area contributed by atoms with Crippen LogP contribution in [0.4, 0.5) is 5.13 Å². The number of Topliss-reactive ketones (excluding diaryl/α,β-unsaturated/α-hetero) is 1. The van der Waals surface area contributed by atoms with E-state index in [1.807, 2.05) is 0 Å². The number of thiazole rings is 1. The zero-order chi connectivity index (χ0) is 29.3.